The molecule has 25 heavy (non-hydrogen) atoms. The Morgan fingerprint density at radius 1 is 1.24 bits per heavy atom. The van der Waals surface area contributed by atoms with E-state index in [1.807, 2.05) is 0 Å². The molecule has 7 heteroatoms. The van der Waals surface area contributed by atoms with Gasteiger partial charge in [-0.1, -0.05) is 13.8 Å². The molecule has 1 saturated heterocycles. The summed E-state index contributed by atoms with van der Waals surface area (Å²) < 4.78 is 32.0. The third-order valence-corrected chi connectivity index (χ3v) is 8.79. The number of carbonyl (C=O) groups excluding carboxylic acids is 2. The van der Waals surface area contributed by atoms with Crippen LogP contribution in [0.2, 0.25) is 0 Å². The first-order valence-electron chi connectivity index (χ1n) is 9.01. The van der Waals surface area contributed by atoms with Crippen molar-refractivity contribution in [2.45, 2.75) is 73.0 Å². The minimum absolute atomic E-state index is 0.0276. The lowest BCUT2D eigenvalue weighted by molar-refractivity contribution is -0.165. The van der Waals surface area contributed by atoms with Crippen molar-refractivity contribution in [3.8, 4) is 0 Å². The van der Waals surface area contributed by atoms with Gasteiger partial charge >= 0.3 is 5.97 Å². The number of hydrogen-bond donors (Lipinski definition) is 0. The summed E-state index contributed by atoms with van der Waals surface area (Å²) in [4.78, 5) is 25.0. The van der Waals surface area contributed by atoms with Gasteiger partial charge in [0.2, 0.25) is 10.0 Å². The van der Waals surface area contributed by atoms with E-state index in [1.165, 1.54) is 6.92 Å². The normalized spacial score (nSPS) is 36.2. The zero-order valence-electron chi connectivity index (χ0n) is 16.0. The second-order valence-electron chi connectivity index (χ2n) is 9.55. The first kappa shape index (κ1) is 18.7. The van der Waals surface area contributed by atoms with Gasteiger partial charge < -0.3 is 4.74 Å². The summed E-state index contributed by atoms with van der Waals surface area (Å²) >= 11 is 0. The Labute approximate surface area is 150 Å². The first-order chi connectivity index (χ1) is 11.2. The van der Waals surface area contributed by atoms with Crippen LogP contribution in [0.25, 0.3) is 0 Å². The van der Waals surface area contributed by atoms with Gasteiger partial charge in [-0.05, 0) is 58.3 Å². The highest BCUT2D eigenvalue weighted by Crippen LogP contribution is 2.70. The van der Waals surface area contributed by atoms with Gasteiger partial charge in [-0.2, -0.15) is 0 Å². The highest BCUT2D eigenvalue weighted by Gasteiger charge is 2.72. The first-order valence-corrected chi connectivity index (χ1v) is 10.6. The van der Waals surface area contributed by atoms with E-state index in [0.717, 1.165) is 23.6 Å². The fraction of sp³-hybridized carbons (Fsp3) is 0.889. The van der Waals surface area contributed by atoms with Gasteiger partial charge in [0.05, 0.1) is 17.2 Å². The van der Waals surface area contributed by atoms with E-state index >= 15 is 0 Å². The molecule has 6 nitrogen and oxygen atoms in total. The van der Waals surface area contributed by atoms with Crippen LogP contribution in [0.4, 0.5) is 0 Å². The van der Waals surface area contributed by atoms with Crippen LogP contribution in [0.15, 0.2) is 0 Å². The Morgan fingerprint density at radius 3 is 2.36 bits per heavy atom. The maximum absolute atomic E-state index is 12.9. The summed E-state index contributed by atoms with van der Waals surface area (Å²) in [5.41, 5.74) is -1.20. The van der Waals surface area contributed by atoms with Crippen molar-refractivity contribution >= 4 is 21.9 Å². The minimum Gasteiger partial charge on any atom is -0.452 e. The molecule has 3 aliphatic rings. The van der Waals surface area contributed by atoms with E-state index in [-0.39, 0.29) is 22.6 Å². The summed E-state index contributed by atoms with van der Waals surface area (Å²) in [7, 11) is -3.68. The van der Waals surface area contributed by atoms with E-state index in [2.05, 4.69) is 13.8 Å². The van der Waals surface area contributed by atoms with Gasteiger partial charge in [-0.25, -0.2) is 12.7 Å². The number of sulfonamides is 1. The van der Waals surface area contributed by atoms with Gasteiger partial charge in [0, 0.05) is 5.41 Å². The molecule has 1 heterocycles. The van der Waals surface area contributed by atoms with Gasteiger partial charge in [-0.15, -0.1) is 0 Å². The highest BCUT2D eigenvalue weighted by molar-refractivity contribution is 7.90. The zero-order chi connectivity index (χ0) is 19.0. The molecule has 2 aliphatic carbocycles. The molecule has 3 fully saturated rings. The third kappa shape index (κ3) is 2.45. The van der Waals surface area contributed by atoms with E-state index in [0.29, 0.717) is 5.92 Å². The van der Waals surface area contributed by atoms with Crippen molar-refractivity contribution < 1.29 is 22.7 Å². The zero-order valence-corrected chi connectivity index (χ0v) is 16.8. The van der Waals surface area contributed by atoms with Crippen LogP contribution >= 0.6 is 0 Å². The second kappa shape index (κ2) is 5.21. The Morgan fingerprint density at radius 2 is 1.84 bits per heavy atom. The van der Waals surface area contributed by atoms with Crippen LogP contribution in [0.3, 0.4) is 0 Å². The number of esters is 1. The standard InChI is InChI=1S/C18H29NO5S/c1-11(24-15(21)16(2,3)4)14(20)19-13-9-12-7-8-18(13,17(12,5)6)10-25(19,22)23/h11-13H,7-10H2,1-6H3/t11-,12+,13+,18+/m0/s1. The molecular weight excluding hydrogens is 342 g/mol. The molecule has 4 atom stereocenters. The largest absolute Gasteiger partial charge is 0.452 e. The van der Waals surface area contributed by atoms with Gasteiger partial charge in [-0.3, -0.25) is 9.59 Å². The monoisotopic (exact) mass is 371 g/mol. The summed E-state index contributed by atoms with van der Waals surface area (Å²) in [5, 5.41) is 0. The molecule has 1 aliphatic heterocycles. The molecule has 0 unspecified atom stereocenters. The molecule has 0 aromatic carbocycles. The van der Waals surface area contributed by atoms with Crippen molar-refractivity contribution in [1.29, 1.82) is 0 Å². The molecule has 0 radical (unpaired) electrons. The molecule has 3 rings (SSSR count). The number of rotatable bonds is 2. The van der Waals surface area contributed by atoms with Crippen LogP contribution in [0, 0.1) is 22.2 Å². The lowest BCUT2D eigenvalue weighted by Gasteiger charge is -2.37. The van der Waals surface area contributed by atoms with Gasteiger partial charge in [0.1, 0.15) is 0 Å². The summed E-state index contributed by atoms with van der Waals surface area (Å²) in [5.74, 6) is -0.647. The van der Waals surface area contributed by atoms with Crippen LogP contribution < -0.4 is 0 Å². The maximum atomic E-state index is 12.9. The Bertz CT molecular complexity index is 720. The molecule has 0 aromatic rings. The van der Waals surface area contributed by atoms with Crippen molar-refractivity contribution in [3.63, 3.8) is 0 Å². The molecule has 2 saturated carbocycles. The molecule has 2 bridgehead atoms. The van der Waals surface area contributed by atoms with Crippen LogP contribution in [0.1, 0.15) is 60.8 Å². The third-order valence-electron chi connectivity index (χ3n) is 6.87. The second-order valence-corrected chi connectivity index (χ2v) is 11.4. The summed E-state index contributed by atoms with van der Waals surface area (Å²) in [6.45, 7) is 10.8. The van der Waals surface area contributed by atoms with Crippen molar-refractivity contribution in [1.82, 2.24) is 4.31 Å². The Kier molecular flexibility index (Phi) is 3.89. The molecule has 1 spiro atoms. The van der Waals surface area contributed by atoms with E-state index in [4.69, 9.17) is 4.74 Å². The predicted octanol–water partition coefficient (Wildman–Crippen LogP) is 2.33. The number of ether oxygens (including phenoxy) is 1. The average Bonchev–Trinajstić information content (AvgIpc) is 2.92. The number of nitrogens with zero attached hydrogens (tertiary/aromatic N) is 1. The van der Waals surface area contributed by atoms with Crippen molar-refractivity contribution in [3.05, 3.63) is 0 Å². The average molecular weight is 371 g/mol. The topological polar surface area (TPSA) is 80.8 Å². The number of carbonyl (C=O) groups is 2. The Hall–Kier alpha value is -1.11. The predicted molar refractivity (Wildman–Crippen MR) is 93.0 cm³/mol. The number of fused-ring (bicyclic) bond motifs is 1. The Balaban J connectivity index is 1.88. The SMILES string of the molecule is C[C@H](OC(=O)C(C)(C)C)C(=O)N1[C@@H]2C[C@H]3CC[C@]2(CS1(=O)=O)C3(C)C. The number of amides is 1. The van der Waals surface area contributed by atoms with Crippen molar-refractivity contribution in [2.24, 2.45) is 22.2 Å². The fourth-order valence-corrected chi connectivity index (χ4v) is 7.74. The van der Waals surface area contributed by atoms with Gasteiger partial charge in [0.15, 0.2) is 6.10 Å². The molecule has 0 aromatic heterocycles. The number of hydrogen-bond acceptors (Lipinski definition) is 5. The van der Waals surface area contributed by atoms with Crippen LogP contribution in [0.5, 0.6) is 0 Å². The van der Waals surface area contributed by atoms with E-state index < -0.39 is 33.4 Å². The highest BCUT2D eigenvalue weighted by atomic mass is 32.2. The summed E-state index contributed by atoms with van der Waals surface area (Å²) in [6.07, 6.45) is 1.49. The minimum atomic E-state index is -3.68. The molecule has 1 amide bonds. The maximum Gasteiger partial charge on any atom is 0.311 e. The molecule has 142 valence electrons. The van der Waals surface area contributed by atoms with E-state index in [1.54, 1.807) is 20.8 Å². The van der Waals surface area contributed by atoms with Gasteiger partial charge in [0.25, 0.3) is 5.91 Å². The fourth-order valence-electron chi connectivity index (χ4n) is 5.15. The van der Waals surface area contributed by atoms with Crippen LogP contribution in [-0.4, -0.2) is 42.5 Å². The van der Waals surface area contributed by atoms with E-state index in [9.17, 15) is 18.0 Å². The van der Waals surface area contributed by atoms with Crippen LogP contribution in [-0.2, 0) is 24.3 Å². The summed E-state index contributed by atoms with van der Waals surface area (Å²) in [6, 6.07) is -0.297. The van der Waals surface area contributed by atoms with Crippen molar-refractivity contribution in [2.75, 3.05) is 5.75 Å². The lowest BCUT2D eigenvalue weighted by Crippen LogP contribution is -2.48. The molecule has 0 N–H and O–H groups in total. The quantitative estimate of drug-likeness (QED) is 0.696. The lowest BCUT2D eigenvalue weighted by atomic mass is 9.69. The molecular formula is C18H29NO5S. The smallest absolute Gasteiger partial charge is 0.311 e.